The van der Waals surface area contributed by atoms with Crippen LogP contribution in [0.15, 0.2) is 35.4 Å². The van der Waals surface area contributed by atoms with Crippen molar-refractivity contribution in [1.82, 2.24) is 9.78 Å². The Kier molecular flexibility index (Phi) is 5.07. The minimum absolute atomic E-state index is 0.0526. The van der Waals surface area contributed by atoms with E-state index in [1.54, 1.807) is 0 Å². The Morgan fingerprint density at radius 3 is 2.71 bits per heavy atom. The van der Waals surface area contributed by atoms with Gasteiger partial charge in [-0.25, -0.2) is 0 Å². The van der Waals surface area contributed by atoms with Crippen molar-refractivity contribution in [2.24, 2.45) is 0 Å². The van der Waals surface area contributed by atoms with Crippen molar-refractivity contribution in [3.63, 3.8) is 0 Å². The first kappa shape index (κ1) is 15.6. The SMILES string of the molecule is Cc1ccccc1Cn1nc(C(C)C)cc1SCC(=O)O. The molecular weight excluding hydrogens is 284 g/mol. The molecular formula is C16H20N2O2S. The zero-order valence-electron chi connectivity index (χ0n) is 12.5. The summed E-state index contributed by atoms with van der Waals surface area (Å²) in [6, 6.07) is 10.2. The molecule has 0 aliphatic heterocycles. The fraction of sp³-hybridized carbons (Fsp3) is 0.375. The third kappa shape index (κ3) is 4.11. The lowest BCUT2D eigenvalue weighted by molar-refractivity contribution is -0.133. The molecule has 0 spiro atoms. The molecule has 4 nitrogen and oxygen atoms in total. The number of aromatic nitrogens is 2. The molecule has 0 unspecified atom stereocenters. The fourth-order valence-electron chi connectivity index (χ4n) is 2.01. The molecule has 21 heavy (non-hydrogen) atoms. The van der Waals surface area contributed by atoms with E-state index in [0.717, 1.165) is 10.7 Å². The first-order valence-corrected chi connectivity index (χ1v) is 7.92. The number of carboxylic acids is 1. The third-order valence-corrected chi connectivity index (χ3v) is 4.29. The number of carbonyl (C=O) groups is 1. The number of benzene rings is 1. The smallest absolute Gasteiger partial charge is 0.313 e. The van der Waals surface area contributed by atoms with Crippen LogP contribution < -0.4 is 0 Å². The van der Waals surface area contributed by atoms with Gasteiger partial charge in [-0.2, -0.15) is 5.10 Å². The van der Waals surface area contributed by atoms with Crippen molar-refractivity contribution in [1.29, 1.82) is 0 Å². The minimum atomic E-state index is -0.810. The summed E-state index contributed by atoms with van der Waals surface area (Å²) in [4.78, 5) is 10.8. The molecule has 0 bridgehead atoms. The summed E-state index contributed by atoms with van der Waals surface area (Å²) in [5.41, 5.74) is 3.41. The van der Waals surface area contributed by atoms with Gasteiger partial charge in [0.05, 0.1) is 23.0 Å². The summed E-state index contributed by atoms with van der Waals surface area (Å²) in [7, 11) is 0. The predicted octanol–water partition coefficient (Wildman–Crippen LogP) is 3.54. The van der Waals surface area contributed by atoms with Crippen LogP contribution in [0.1, 0.15) is 36.6 Å². The maximum Gasteiger partial charge on any atom is 0.313 e. The summed E-state index contributed by atoms with van der Waals surface area (Å²) >= 11 is 1.32. The Balaban J connectivity index is 2.27. The summed E-state index contributed by atoms with van der Waals surface area (Å²) in [6.45, 7) is 6.92. The number of aryl methyl sites for hydroxylation is 1. The molecule has 0 atom stereocenters. The van der Waals surface area contributed by atoms with E-state index in [4.69, 9.17) is 5.11 Å². The number of thioether (sulfide) groups is 1. The van der Waals surface area contributed by atoms with Gasteiger partial charge < -0.3 is 5.11 Å². The molecule has 0 fully saturated rings. The van der Waals surface area contributed by atoms with Crippen molar-refractivity contribution < 1.29 is 9.90 Å². The molecule has 0 radical (unpaired) electrons. The number of aliphatic carboxylic acids is 1. The van der Waals surface area contributed by atoms with Crippen molar-refractivity contribution in [2.45, 2.75) is 38.3 Å². The van der Waals surface area contributed by atoms with Crippen LogP contribution in [0.5, 0.6) is 0 Å². The topological polar surface area (TPSA) is 55.1 Å². The number of hydrogen-bond donors (Lipinski definition) is 1. The van der Waals surface area contributed by atoms with Gasteiger partial charge in [0.2, 0.25) is 0 Å². The van der Waals surface area contributed by atoms with Gasteiger partial charge in [0, 0.05) is 0 Å². The minimum Gasteiger partial charge on any atom is -0.481 e. The second kappa shape index (κ2) is 6.80. The van der Waals surface area contributed by atoms with E-state index in [1.165, 1.54) is 22.9 Å². The summed E-state index contributed by atoms with van der Waals surface area (Å²) in [5.74, 6) is -0.432. The molecule has 112 valence electrons. The van der Waals surface area contributed by atoms with E-state index in [9.17, 15) is 4.79 Å². The highest BCUT2D eigenvalue weighted by atomic mass is 32.2. The summed E-state index contributed by atoms with van der Waals surface area (Å²) < 4.78 is 1.91. The van der Waals surface area contributed by atoms with E-state index in [1.807, 2.05) is 22.9 Å². The number of nitrogens with zero attached hydrogens (tertiary/aromatic N) is 2. The first-order valence-electron chi connectivity index (χ1n) is 6.94. The van der Waals surface area contributed by atoms with Crippen molar-refractivity contribution in [3.05, 3.63) is 47.2 Å². The van der Waals surface area contributed by atoms with Crippen LogP contribution in [0, 0.1) is 6.92 Å². The zero-order chi connectivity index (χ0) is 15.4. The maximum absolute atomic E-state index is 10.8. The van der Waals surface area contributed by atoms with Gasteiger partial charge in [-0.05, 0) is 30.0 Å². The quantitative estimate of drug-likeness (QED) is 0.829. The normalized spacial score (nSPS) is 11.0. The standard InChI is InChI=1S/C16H20N2O2S/c1-11(2)14-8-15(21-10-16(19)20)18(17-14)9-13-7-5-4-6-12(13)3/h4-8,11H,9-10H2,1-3H3,(H,19,20). The average molecular weight is 304 g/mol. The van der Waals surface area contributed by atoms with Crippen molar-refractivity contribution in [3.8, 4) is 0 Å². The van der Waals surface area contributed by atoms with Gasteiger partial charge in [-0.15, -0.1) is 0 Å². The highest BCUT2D eigenvalue weighted by molar-refractivity contribution is 7.99. The second-order valence-corrected chi connectivity index (χ2v) is 6.32. The third-order valence-electron chi connectivity index (χ3n) is 3.28. The largest absolute Gasteiger partial charge is 0.481 e. The molecule has 1 aromatic heterocycles. The van der Waals surface area contributed by atoms with Crippen LogP contribution in [0.3, 0.4) is 0 Å². The summed E-state index contributed by atoms with van der Waals surface area (Å²) in [6.07, 6.45) is 0. The van der Waals surface area contributed by atoms with Crippen LogP contribution >= 0.6 is 11.8 Å². The van der Waals surface area contributed by atoms with E-state index in [0.29, 0.717) is 12.5 Å². The van der Waals surface area contributed by atoms with Gasteiger partial charge in [0.15, 0.2) is 0 Å². The van der Waals surface area contributed by atoms with Crippen LogP contribution in [0.2, 0.25) is 0 Å². The number of hydrogen-bond acceptors (Lipinski definition) is 3. The lowest BCUT2D eigenvalue weighted by Gasteiger charge is -2.09. The van der Waals surface area contributed by atoms with Gasteiger partial charge in [0.25, 0.3) is 0 Å². The molecule has 0 amide bonds. The van der Waals surface area contributed by atoms with Gasteiger partial charge >= 0.3 is 5.97 Å². The lowest BCUT2D eigenvalue weighted by atomic mass is 10.1. The predicted molar refractivity (Wildman–Crippen MR) is 85.0 cm³/mol. The van der Waals surface area contributed by atoms with Crippen LogP contribution in [0.25, 0.3) is 0 Å². The molecule has 1 heterocycles. The Labute approximate surface area is 129 Å². The molecule has 0 aliphatic carbocycles. The van der Waals surface area contributed by atoms with Crippen LogP contribution in [-0.4, -0.2) is 26.6 Å². The molecule has 0 aliphatic rings. The van der Waals surface area contributed by atoms with E-state index in [-0.39, 0.29) is 5.75 Å². The highest BCUT2D eigenvalue weighted by Gasteiger charge is 2.13. The zero-order valence-corrected chi connectivity index (χ0v) is 13.4. The van der Waals surface area contributed by atoms with Crippen LogP contribution in [-0.2, 0) is 11.3 Å². The Hall–Kier alpha value is -1.75. The Morgan fingerprint density at radius 2 is 2.10 bits per heavy atom. The van der Waals surface area contributed by atoms with Gasteiger partial charge in [0.1, 0.15) is 0 Å². The Bertz CT molecular complexity index is 635. The molecule has 0 saturated heterocycles. The van der Waals surface area contributed by atoms with Crippen molar-refractivity contribution >= 4 is 17.7 Å². The monoisotopic (exact) mass is 304 g/mol. The maximum atomic E-state index is 10.8. The van der Waals surface area contributed by atoms with Crippen molar-refractivity contribution in [2.75, 3.05) is 5.75 Å². The Morgan fingerprint density at radius 1 is 1.38 bits per heavy atom. The molecule has 2 aromatic rings. The second-order valence-electron chi connectivity index (χ2n) is 5.33. The first-order chi connectivity index (χ1) is 9.97. The van der Waals surface area contributed by atoms with Gasteiger partial charge in [-0.1, -0.05) is 49.9 Å². The molecule has 5 heteroatoms. The molecule has 1 N–H and O–H groups in total. The van der Waals surface area contributed by atoms with E-state index >= 15 is 0 Å². The summed E-state index contributed by atoms with van der Waals surface area (Å²) in [5, 5.41) is 14.4. The molecule has 2 rings (SSSR count). The molecule has 0 saturated carbocycles. The average Bonchev–Trinajstić information content (AvgIpc) is 2.82. The van der Waals surface area contributed by atoms with Crippen LogP contribution in [0.4, 0.5) is 0 Å². The lowest BCUT2D eigenvalue weighted by Crippen LogP contribution is -2.07. The van der Waals surface area contributed by atoms with Gasteiger partial charge in [-0.3, -0.25) is 9.48 Å². The number of rotatable bonds is 6. The fourth-order valence-corrected chi connectivity index (χ4v) is 2.74. The van der Waals surface area contributed by atoms with E-state index in [2.05, 4.69) is 38.0 Å². The molecule has 1 aromatic carbocycles. The highest BCUT2D eigenvalue weighted by Crippen LogP contribution is 2.24. The number of carboxylic acid groups (broad SMARTS) is 1. The van der Waals surface area contributed by atoms with E-state index < -0.39 is 5.97 Å².